The molecule has 0 saturated carbocycles. The zero-order valence-electron chi connectivity index (χ0n) is 11.1. The molecule has 0 unspecified atom stereocenters. The Hall–Kier alpha value is -1.80. The molecule has 0 atom stereocenters. The van der Waals surface area contributed by atoms with Crippen LogP contribution in [0.15, 0.2) is 18.2 Å². The maximum absolute atomic E-state index is 12.7. The molecule has 0 saturated heterocycles. The van der Waals surface area contributed by atoms with Crippen LogP contribution in [-0.2, 0) is 11.0 Å². The van der Waals surface area contributed by atoms with E-state index in [-0.39, 0.29) is 36.7 Å². The third kappa shape index (κ3) is 6.01. The van der Waals surface area contributed by atoms with Crippen LogP contribution in [0.3, 0.4) is 0 Å². The van der Waals surface area contributed by atoms with Crippen molar-refractivity contribution in [1.29, 1.82) is 0 Å². The van der Waals surface area contributed by atoms with Crippen LogP contribution >= 0.6 is 12.4 Å². The third-order valence-corrected chi connectivity index (χ3v) is 2.27. The summed E-state index contributed by atoms with van der Waals surface area (Å²) < 4.78 is 38.2. The summed E-state index contributed by atoms with van der Waals surface area (Å²) in [6.07, 6.45) is -4.61. The number of rotatable bonds is 4. The molecule has 1 rings (SSSR count). The van der Waals surface area contributed by atoms with E-state index < -0.39 is 23.6 Å². The van der Waals surface area contributed by atoms with Crippen LogP contribution < -0.4 is 16.4 Å². The van der Waals surface area contributed by atoms with E-state index in [1.54, 1.807) is 0 Å². The predicted octanol–water partition coefficient (Wildman–Crippen LogP) is 1.77. The second-order valence-electron chi connectivity index (χ2n) is 4.02. The van der Waals surface area contributed by atoms with Crippen molar-refractivity contribution in [2.75, 3.05) is 18.4 Å². The lowest BCUT2D eigenvalue weighted by Crippen LogP contribution is -2.29. The fourth-order valence-corrected chi connectivity index (χ4v) is 1.49. The van der Waals surface area contributed by atoms with Crippen LogP contribution in [0.2, 0.25) is 0 Å². The summed E-state index contributed by atoms with van der Waals surface area (Å²) in [7, 11) is 0. The molecule has 118 valence electrons. The van der Waals surface area contributed by atoms with Gasteiger partial charge in [-0.1, -0.05) is 0 Å². The quantitative estimate of drug-likeness (QED) is 0.789. The number of benzene rings is 1. The normalized spacial score (nSPS) is 10.5. The SMILES string of the molecule is CC(=O)Nc1cc(C(=O)NCCN)cc(C(F)(F)F)c1.Cl. The van der Waals surface area contributed by atoms with Gasteiger partial charge in [0.2, 0.25) is 5.91 Å². The standard InChI is InChI=1S/C12H14F3N3O2.ClH/c1-7(19)18-10-5-8(11(20)17-3-2-16)4-9(6-10)12(13,14)15;/h4-6H,2-3,16H2,1H3,(H,17,20)(H,18,19);1H. The van der Waals surface area contributed by atoms with E-state index in [0.717, 1.165) is 19.1 Å². The summed E-state index contributed by atoms with van der Waals surface area (Å²) >= 11 is 0. The molecule has 0 aliphatic heterocycles. The summed E-state index contributed by atoms with van der Waals surface area (Å²) in [5.41, 5.74) is 3.90. The van der Waals surface area contributed by atoms with Gasteiger partial charge in [0.25, 0.3) is 5.91 Å². The summed E-state index contributed by atoms with van der Waals surface area (Å²) in [4.78, 5) is 22.6. The molecule has 0 spiro atoms. The van der Waals surface area contributed by atoms with Gasteiger partial charge in [0.1, 0.15) is 0 Å². The molecule has 21 heavy (non-hydrogen) atoms. The number of halogens is 4. The Morgan fingerprint density at radius 3 is 2.33 bits per heavy atom. The van der Waals surface area contributed by atoms with Crippen molar-refractivity contribution in [3.8, 4) is 0 Å². The van der Waals surface area contributed by atoms with Crippen LogP contribution in [0.4, 0.5) is 18.9 Å². The van der Waals surface area contributed by atoms with Gasteiger partial charge in [0.15, 0.2) is 0 Å². The summed E-state index contributed by atoms with van der Waals surface area (Å²) in [5, 5.41) is 4.59. The first-order valence-electron chi connectivity index (χ1n) is 5.72. The zero-order valence-corrected chi connectivity index (χ0v) is 11.9. The van der Waals surface area contributed by atoms with Gasteiger partial charge in [-0.2, -0.15) is 13.2 Å². The average Bonchev–Trinajstić information content (AvgIpc) is 2.33. The Morgan fingerprint density at radius 2 is 1.86 bits per heavy atom. The number of alkyl halides is 3. The Balaban J connectivity index is 0.00000400. The lowest BCUT2D eigenvalue weighted by atomic mass is 10.1. The van der Waals surface area contributed by atoms with Crippen molar-refractivity contribution in [3.63, 3.8) is 0 Å². The average molecular weight is 326 g/mol. The van der Waals surface area contributed by atoms with Crippen LogP contribution in [0.5, 0.6) is 0 Å². The van der Waals surface area contributed by atoms with Crippen molar-refractivity contribution in [2.24, 2.45) is 5.73 Å². The summed E-state index contributed by atoms with van der Waals surface area (Å²) in [6.45, 7) is 1.47. The monoisotopic (exact) mass is 325 g/mol. The van der Waals surface area contributed by atoms with E-state index in [0.29, 0.717) is 0 Å². The van der Waals surface area contributed by atoms with Crippen LogP contribution in [0, 0.1) is 0 Å². The van der Waals surface area contributed by atoms with Gasteiger partial charge in [0.05, 0.1) is 5.56 Å². The van der Waals surface area contributed by atoms with Crippen molar-refractivity contribution >= 4 is 29.9 Å². The number of anilines is 1. The molecule has 0 bridgehead atoms. The van der Waals surface area contributed by atoms with Crippen molar-refractivity contribution in [1.82, 2.24) is 5.32 Å². The second kappa shape index (κ2) is 7.84. The van der Waals surface area contributed by atoms with Gasteiger partial charge in [-0.15, -0.1) is 12.4 Å². The van der Waals surface area contributed by atoms with Crippen molar-refractivity contribution in [2.45, 2.75) is 13.1 Å². The third-order valence-electron chi connectivity index (χ3n) is 2.27. The van der Waals surface area contributed by atoms with Gasteiger partial charge in [-0.3, -0.25) is 9.59 Å². The Labute approximate surface area is 125 Å². The number of hydrogen-bond acceptors (Lipinski definition) is 3. The molecule has 0 radical (unpaired) electrons. The first-order valence-corrected chi connectivity index (χ1v) is 5.72. The lowest BCUT2D eigenvalue weighted by Gasteiger charge is -2.12. The number of nitrogens with two attached hydrogens (primary N) is 1. The van der Waals surface area contributed by atoms with E-state index in [2.05, 4.69) is 10.6 Å². The summed E-state index contributed by atoms with van der Waals surface area (Å²) in [6, 6.07) is 2.65. The fourth-order valence-electron chi connectivity index (χ4n) is 1.49. The molecule has 0 aromatic heterocycles. The van der Waals surface area contributed by atoms with E-state index in [1.807, 2.05) is 0 Å². The second-order valence-corrected chi connectivity index (χ2v) is 4.02. The van der Waals surface area contributed by atoms with Gasteiger partial charge in [-0.25, -0.2) is 0 Å². The first-order chi connectivity index (χ1) is 9.24. The summed E-state index contributed by atoms with van der Waals surface area (Å²) in [5.74, 6) is -1.22. The topological polar surface area (TPSA) is 84.2 Å². The molecular formula is C12H15ClF3N3O2. The van der Waals surface area contributed by atoms with Crippen molar-refractivity contribution < 1.29 is 22.8 Å². The highest BCUT2D eigenvalue weighted by atomic mass is 35.5. The largest absolute Gasteiger partial charge is 0.416 e. The highest BCUT2D eigenvalue weighted by Gasteiger charge is 2.31. The number of carbonyl (C=O) groups excluding carboxylic acids is 2. The molecule has 0 fully saturated rings. The van der Waals surface area contributed by atoms with Gasteiger partial charge >= 0.3 is 6.18 Å². The van der Waals surface area contributed by atoms with E-state index in [9.17, 15) is 22.8 Å². The van der Waals surface area contributed by atoms with Gasteiger partial charge < -0.3 is 16.4 Å². The maximum atomic E-state index is 12.7. The molecule has 1 aromatic rings. The number of carbonyl (C=O) groups is 2. The number of hydrogen-bond donors (Lipinski definition) is 3. The Bertz CT molecular complexity index is 521. The van der Waals surface area contributed by atoms with Crippen LogP contribution in [0.25, 0.3) is 0 Å². The molecule has 0 aliphatic rings. The van der Waals surface area contributed by atoms with Gasteiger partial charge in [-0.05, 0) is 18.2 Å². The lowest BCUT2D eigenvalue weighted by molar-refractivity contribution is -0.137. The Morgan fingerprint density at radius 1 is 1.24 bits per heavy atom. The first kappa shape index (κ1) is 19.2. The molecule has 5 nitrogen and oxygen atoms in total. The van der Waals surface area contributed by atoms with Gasteiger partial charge in [0, 0.05) is 31.3 Å². The molecule has 1 aromatic carbocycles. The van der Waals surface area contributed by atoms with E-state index in [1.165, 1.54) is 6.07 Å². The Kier molecular flexibility index (Phi) is 7.17. The minimum absolute atomic E-state index is 0. The molecule has 0 aliphatic carbocycles. The highest BCUT2D eigenvalue weighted by molar-refractivity contribution is 5.97. The van der Waals surface area contributed by atoms with Crippen LogP contribution in [0.1, 0.15) is 22.8 Å². The number of amides is 2. The molecule has 4 N–H and O–H groups in total. The molecule has 0 heterocycles. The van der Waals surface area contributed by atoms with E-state index in [4.69, 9.17) is 5.73 Å². The minimum atomic E-state index is -4.61. The zero-order chi connectivity index (χ0) is 15.3. The highest BCUT2D eigenvalue weighted by Crippen LogP contribution is 2.32. The smallest absolute Gasteiger partial charge is 0.351 e. The minimum Gasteiger partial charge on any atom is -0.351 e. The van der Waals surface area contributed by atoms with Crippen molar-refractivity contribution in [3.05, 3.63) is 29.3 Å². The predicted molar refractivity (Wildman–Crippen MR) is 74.4 cm³/mol. The molecule has 2 amide bonds. The number of nitrogens with one attached hydrogen (secondary N) is 2. The fraction of sp³-hybridized carbons (Fsp3) is 0.333. The maximum Gasteiger partial charge on any atom is 0.416 e. The molecular weight excluding hydrogens is 311 g/mol. The molecule has 9 heteroatoms. The van der Waals surface area contributed by atoms with Crippen LogP contribution in [-0.4, -0.2) is 24.9 Å². The van der Waals surface area contributed by atoms with E-state index >= 15 is 0 Å².